The molecule has 4 rings (SSSR count). The molecule has 0 aromatic heterocycles. The van der Waals surface area contributed by atoms with E-state index in [2.05, 4.69) is 10.6 Å². The normalized spacial score (nSPS) is 11.0. The smallest absolute Gasteiger partial charge is 0.236 e. The van der Waals surface area contributed by atoms with Gasteiger partial charge in [0.05, 0.1) is 0 Å². The lowest BCUT2D eigenvalue weighted by molar-refractivity contribution is -0.144. The van der Waals surface area contributed by atoms with Crippen LogP contribution in [0.25, 0.3) is 0 Å². The molecule has 4 heteroatoms. The second-order valence-corrected chi connectivity index (χ2v) is 8.74. The van der Waals surface area contributed by atoms with E-state index in [1.165, 1.54) is 0 Å². The van der Waals surface area contributed by atoms with E-state index in [9.17, 15) is 9.59 Å². The molecule has 4 aromatic carbocycles. The topological polar surface area (TPSA) is 58.2 Å². The van der Waals surface area contributed by atoms with Crippen LogP contribution in [-0.2, 0) is 35.5 Å². The van der Waals surface area contributed by atoms with Crippen molar-refractivity contribution >= 4 is 11.8 Å². The molecule has 0 heterocycles. The lowest BCUT2D eigenvalue weighted by Gasteiger charge is -2.32. The number of carbonyl (C=O) groups is 2. The molecule has 4 aromatic rings. The molecule has 0 radical (unpaired) electrons. The first-order valence-electron chi connectivity index (χ1n) is 11.9. The summed E-state index contributed by atoms with van der Waals surface area (Å²) in [5.74, 6) is -0.556. The first-order chi connectivity index (χ1) is 17.2. The average Bonchev–Trinajstić information content (AvgIpc) is 2.92. The molecule has 0 spiro atoms. The average molecular weight is 463 g/mol. The number of carbonyl (C=O) groups excluding carboxylic acids is 2. The number of hydrogen-bond donors (Lipinski definition) is 2. The minimum atomic E-state index is -1.31. The van der Waals surface area contributed by atoms with Gasteiger partial charge in [0, 0.05) is 13.1 Å². The highest BCUT2D eigenvalue weighted by atomic mass is 16.2. The van der Waals surface area contributed by atoms with E-state index >= 15 is 0 Å². The Balaban J connectivity index is 1.67. The van der Waals surface area contributed by atoms with Gasteiger partial charge in [-0.15, -0.1) is 0 Å². The van der Waals surface area contributed by atoms with Crippen molar-refractivity contribution in [3.8, 4) is 0 Å². The van der Waals surface area contributed by atoms with Crippen molar-refractivity contribution in [2.24, 2.45) is 5.41 Å². The van der Waals surface area contributed by atoms with Crippen molar-refractivity contribution in [1.82, 2.24) is 10.6 Å². The highest BCUT2D eigenvalue weighted by molar-refractivity contribution is 6.05. The van der Waals surface area contributed by atoms with E-state index in [4.69, 9.17) is 0 Å². The van der Waals surface area contributed by atoms with Gasteiger partial charge in [0.25, 0.3) is 0 Å². The summed E-state index contributed by atoms with van der Waals surface area (Å²) in [7, 11) is 0. The first-order valence-corrected chi connectivity index (χ1v) is 11.9. The van der Waals surface area contributed by atoms with Crippen LogP contribution < -0.4 is 10.6 Å². The van der Waals surface area contributed by atoms with Crippen LogP contribution in [0.4, 0.5) is 0 Å². The van der Waals surface area contributed by atoms with E-state index in [1.807, 2.05) is 121 Å². The maximum absolute atomic E-state index is 13.9. The van der Waals surface area contributed by atoms with Gasteiger partial charge in [0.1, 0.15) is 5.41 Å². The Labute approximate surface area is 207 Å². The van der Waals surface area contributed by atoms with Crippen LogP contribution in [0.15, 0.2) is 121 Å². The van der Waals surface area contributed by atoms with Gasteiger partial charge < -0.3 is 10.6 Å². The van der Waals surface area contributed by atoms with Gasteiger partial charge in [-0.25, -0.2) is 0 Å². The van der Waals surface area contributed by atoms with Gasteiger partial charge in [0.2, 0.25) is 11.8 Å². The molecule has 0 saturated carbocycles. The van der Waals surface area contributed by atoms with Crippen LogP contribution in [0.5, 0.6) is 0 Å². The highest BCUT2D eigenvalue weighted by Gasteiger charge is 2.45. The van der Waals surface area contributed by atoms with Crippen molar-refractivity contribution in [2.75, 3.05) is 0 Å². The number of benzene rings is 4. The Morgan fingerprint density at radius 3 is 1.06 bits per heavy atom. The molecule has 0 fully saturated rings. The molecule has 0 saturated heterocycles. The van der Waals surface area contributed by atoms with Crippen molar-refractivity contribution in [2.45, 2.75) is 25.9 Å². The molecule has 0 unspecified atom stereocenters. The summed E-state index contributed by atoms with van der Waals surface area (Å²) in [4.78, 5) is 27.9. The van der Waals surface area contributed by atoms with Crippen LogP contribution in [0.1, 0.15) is 22.3 Å². The zero-order chi connectivity index (χ0) is 24.3. The van der Waals surface area contributed by atoms with E-state index in [1.54, 1.807) is 0 Å². The molecule has 2 N–H and O–H groups in total. The van der Waals surface area contributed by atoms with Gasteiger partial charge in [-0.3, -0.25) is 9.59 Å². The van der Waals surface area contributed by atoms with E-state index in [0.717, 1.165) is 22.3 Å². The number of rotatable bonds is 10. The third-order valence-electron chi connectivity index (χ3n) is 6.16. The fourth-order valence-electron chi connectivity index (χ4n) is 4.27. The molecular formula is C31H30N2O2. The Morgan fingerprint density at radius 2 is 0.743 bits per heavy atom. The molecule has 35 heavy (non-hydrogen) atoms. The second-order valence-electron chi connectivity index (χ2n) is 8.74. The molecule has 176 valence electrons. The summed E-state index contributed by atoms with van der Waals surface area (Å²) in [6, 6.07) is 39.0. The fraction of sp³-hybridized carbons (Fsp3) is 0.161. The summed E-state index contributed by atoms with van der Waals surface area (Å²) in [6.07, 6.45) is 0.591. The van der Waals surface area contributed by atoms with Crippen LogP contribution >= 0.6 is 0 Å². The molecule has 0 atom stereocenters. The Bertz CT molecular complexity index is 1110. The molecule has 0 aliphatic rings. The Hall–Kier alpha value is -4.18. The van der Waals surface area contributed by atoms with Crippen LogP contribution in [0.2, 0.25) is 0 Å². The third-order valence-corrected chi connectivity index (χ3v) is 6.16. The number of nitrogens with one attached hydrogen (secondary N) is 2. The predicted molar refractivity (Wildman–Crippen MR) is 139 cm³/mol. The highest BCUT2D eigenvalue weighted by Crippen LogP contribution is 2.30. The molecule has 4 nitrogen and oxygen atoms in total. The summed E-state index contributed by atoms with van der Waals surface area (Å²) in [5, 5.41) is 6.12. The van der Waals surface area contributed by atoms with Crippen LogP contribution in [0.3, 0.4) is 0 Å². The van der Waals surface area contributed by atoms with E-state index in [0.29, 0.717) is 25.9 Å². The maximum Gasteiger partial charge on any atom is 0.236 e. The van der Waals surface area contributed by atoms with Gasteiger partial charge in [0.15, 0.2) is 0 Å². The molecule has 2 amide bonds. The van der Waals surface area contributed by atoms with Gasteiger partial charge in [-0.1, -0.05) is 121 Å². The SMILES string of the molecule is O=C(NCc1ccccc1)C(Cc1ccccc1)(Cc1ccccc1)C(=O)NCc1ccccc1. The molecule has 0 aliphatic heterocycles. The second kappa shape index (κ2) is 11.8. The van der Waals surface area contributed by atoms with Gasteiger partial charge >= 0.3 is 0 Å². The van der Waals surface area contributed by atoms with E-state index in [-0.39, 0.29) is 11.8 Å². The molecule has 0 bridgehead atoms. The third kappa shape index (κ3) is 6.45. The zero-order valence-electron chi connectivity index (χ0n) is 19.7. The summed E-state index contributed by atoms with van der Waals surface area (Å²) >= 11 is 0. The summed E-state index contributed by atoms with van der Waals surface area (Å²) < 4.78 is 0. The largest absolute Gasteiger partial charge is 0.351 e. The van der Waals surface area contributed by atoms with Crippen molar-refractivity contribution in [3.05, 3.63) is 144 Å². The lowest BCUT2D eigenvalue weighted by Crippen LogP contribution is -2.54. The fourth-order valence-corrected chi connectivity index (χ4v) is 4.27. The van der Waals surface area contributed by atoms with Crippen LogP contribution in [0, 0.1) is 5.41 Å². The van der Waals surface area contributed by atoms with Crippen LogP contribution in [-0.4, -0.2) is 11.8 Å². The zero-order valence-corrected chi connectivity index (χ0v) is 19.7. The molecular weight excluding hydrogens is 432 g/mol. The van der Waals surface area contributed by atoms with Gasteiger partial charge in [-0.2, -0.15) is 0 Å². The number of hydrogen-bond acceptors (Lipinski definition) is 2. The summed E-state index contributed by atoms with van der Waals surface area (Å²) in [6.45, 7) is 0.716. The van der Waals surface area contributed by atoms with Crippen molar-refractivity contribution in [3.63, 3.8) is 0 Å². The van der Waals surface area contributed by atoms with Crippen molar-refractivity contribution in [1.29, 1.82) is 0 Å². The minimum absolute atomic E-state index is 0.278. The quantitative estimate of drug-likeness (QED) is 0.323. The number of amides is 2. The monoisotopic (exact) mass is 462 g/mol. The van der Waals surface area contributed by atoms with Crippen molar-refractivity contribution < 1.29 is 9.59 Å². The maximum atomic E-state index is 13.9. The standard InChI is InChI=1S/C31H30N2O2/c34-29(32-23-27-17-9-3-10-18-27)31(21-25-13-5-1-6-14-25,22-26-15-7-2-8-16-26)30(35)33-24-28-19-11-4-12-20-28/h1-20H,21-24H2,(H,32,34)(H,33,35). The summed E-state index contributed by atoms with van der Waals surface area (Å²) in [5.41, 5.74) is 2.53. The van der Waals surface area contributed by atoms with E-state index < -0.39 is 5.41 Å². The van der Waals surface area contributed by atoms with Gasteiger partial charge in [-0.05, 0) is 35.1 Å². The lowest BCUT2D eigenvalue weighted by atomic mass is 9.74. The minimum Gasteiger partial charge on any atom is -0.351 e. The molecule has 0 aliphatic carbocycles. The Kier molecular flexibility index (Phi) is 8.08. The Morgan fingerprint density at radius 1 is 0.457 bits per heavy atom. The predicted octanol–water partition coefficient (Wildman–Crippen LogP) is 5.09. The first kappa shape index (κ1) is 24.0.